The van der Waals surface area contributed by atoms with Gasteiger partial charge in [-0.05, 0) is 13.0 Å². The number of methoxy groups -OCH3 is 1. The Balaban J connectivity index is 1.66. The van der Waals surface area contributed by atoms with Gasteiger partial charge in [0.15, 0.2) is 11.4 Å². The molecular formula is C24H23F2N3O6. The van der Waals surface area contributed by atoms with E-state index in [4.69, 9.17) is 4.74 Å². The molecule has 0 fully saturated rings. The highest BCUT2D eigenvalue weighted by molar-refractivity contribution is 6.01. The Morgan fingerprint density at radius 1 is 1.29 bits per heavy atom. The Kier molecular flexibility index (Phi) is 5.29. The largest absolute Gasteiger partial charge is 0.503 e. The van der Waals surface area contributed by atoms with E-state index in [9.17, 15) is 33.4 Å². The first-order chi connectivity index (χ1) is 16.6. The third kappa shape index (κ3) is 3.22. The summed E-state index contributed by atoms with van der Waals surface area (Å²) in [6.07, 6.45) is 1.61. The van der Waals surface area contributed by atoms with Gasteiger partial charge < -0.3 is 29.7 Å². The molecule has 35 heavy (non-hydrogen) atoms. The minimum absolute atomic E-state index is 0.0229. The molecule has 5 rings (SSSR count). The van der Waals surface area contributed by atoms with Gasteiger partial charge in [0.25, 0.3) is 11.8 Å². The van der Waals surface area contributed by atoms with Crippen molar-refractivity contribution < 1.29 is 33.3 Å². The number of halogens is 2. The number of benzene rings is 1. The molecule has 0 aliphatic carbocycles. The van der Waals surface area contributed by atoms with Crippen molar-refractivity contribution in [3.63, 3.8) is 0 Å². The molecule has 184 valence electrons. The molecular weight excluding hydrogens is 464 g/mol. The Morgan fingerprint density at radius 2 is 2.03 bits per heavy atom. The maximum Gasteiger partial charge on any atom is 0.275 e. The number of amides is 2. The van der Waals surface area contributed by atoms with Crippen LogP contribution in [0.3, 0.4) is 0 Å². The van der Waals surface area contributed by atoms with Crippen molar-refractivity contribution in [3.8, 4) is 5.75 Å². The van der Waals surface area contributed by atoms with Crippen LogP contribution < -0.4 is 10.7 Å². The average Bonchev–Trinajstić information content (AvgIpc) is 3.02. The minimum Gasteiger partial charge on any atom is -0.503 e. The highest BCUT2D eigenvalue weighted by atomic mass is 19.1. The van der Waals surface area contributed by atoms with Gasteiger partial charge in [0.1, 0.15) is 23.3 Å². The highest BCUT2D eigenvalue weighted by Gasteiger charge is 2.58. The van der Waals surface area contributed by atoms with Crippen molar-refractivity contribution in [3.05, 3.63) is 74.7 Å². The molecule has 3 aliphatic rings. The number of aliphatic hydroxyl groups excluding tert-OH is 1. The summed E-state index contributed by atoms with van der Waals surface area (Å²) in [4.78, 5) is 41.1. The van der Waals surface area contributed by atoms with Gasteiger partial charge in [-0.15, -0.1) is 0 Å². The first-order valence-electron chi connectivity index (χ1n) is 11.1. The standard InChI is InChI=1S/C24H23F2N3O6/c1-11-3-6-16(35-2)24-8-15(30)18-17(22(33)27-9-12-4-5-13(25)7-14(12)26)20(31)21(32)19(29(18)24)23(34)28(11)10-24/h3-7,11,15-16,30,32H,8-10H2,1-2H3,(H,27,33)/t11-,15?,16-,24+/m0/s1. The molecule has 4 heterocycles. The number of pyridine rings is 1. The van der Waals surface area contributed by atoms with Crippen LogP contribution in [0.25, 0.3) is 0 Å². The summed E-state index contributed by atoms with van der Waals surface area (Å²) in [5, 5.41) is 24.3. The number of nitrogens with one attached hydrogen (secondary N) is 1. The lowest BCUT2D eigenvalue weighted by atomic mass is 9.86. The van der Waals surface area contributed by atoms with Gasteiger partial charge in [-0.1, -0.05) is 18.2 Å². The monoisotopic (exact) mass is 487 g/mol. The van der Waals surface area contributed by atoms with Crippen LogP contribution in [-0.4, -0.2) is 57.3 Å². The first kappa shape index (κ1) is 23.2. The third-order valence-electron chi connectivity index (χ3n) is 7.12. The number of ether oxygens (including phenoxy) is 1. The van der Waals surface area contributed by atoms with E-state index in [0.29, 0.717) is 6.07 Å². The molecule has 4 atom stereocenters. The second-order valence-electron chi connectivity index (χ2n) is 9.08. The molecule has 3 N–H and O–H groups in total. The maximum atomic E-state index is 14.0. The number of carbonyl (C=O) groups is 2. The zero-order valence-corrected chi connectivity index (χ0v) is 18.9. The second kappa shape index (κ2) is 7.99. The van der Waals surface area contributed by atoms with Crippen LogP contribution in [0.15, 0.2) is 35.1 Å². The fourth-order valence-corrected chi connectivity index (χ4v) is 5.47. The third-order valence-corrected chi connectivity index (χ3v) is 7.12. The summed E-state index contributed by atoms with van der Waals surface area (Å²) in [5.74, 6) is -4.16. The number of carbonyl (C=O) groups excluding carboxylic acids is 2. The van der Waals surface area contributed by atoms with Crippen LogP contribution in [0.5, 0.6) is 5.75 Å². The minimum atomic E-state index is -1.32. The van der Waals surface area contributed by atoms with Crippen molar-refractivity contribution >= 4 is 11.8 Å². The number of hydrogen-bond acceptors (Lipinski definition) is 6. The van der Waals surface area contributed by atoms with Gasteiger partial charge in [0.2, 0.25) is 5.43 Å². The van der Waals surface area contributed by atoms with E-state index in [0.717, 1.165) is 12.1 Å². The van der Waals surface area contributed by atoms with E-state index >= 15 is 0 Å². The van der Waals surface area contributed by atoms with Crippen molar-refractivity contribution in [1.82, 2.24) is 14.8 Å². The van der Waals surface area contributed by atoms with Crippen molar-refractivity contribution in [1.29, 1.82) is 0 Å². The smallest absolute Gasteiger partial charge is 0.275 e. The molecule has 2 aromatic rings. The van der Waals surface area contributed by atoms with Gasteiger partial charge in [-0.3, -0.25) is 14.4 Å². The molecule has 1 aromatic heterocycles. The summed E-state index contributed by atoms with van der Waals surface area (Å²) >= 11 is 0. The first-order valence-corrected chi connectivity index (χ1v) is 11.1. The SMILES string of the molecule is CO[C@H]1C=C[C@H](C)N2C[C@]13CC(O)c1c(C(=O)NCc4ccc(F)cc4F)c(=O)c(O)c(n13)C2=O. The normalized spacial score (nSPS) is 26.5. The van der Waals surface area contributed by atoms with E-state index in [1.165, 1.54) is 16.6 Å². The predicted molar refractivity (Wildman–Crippen MR) is 118 cm³/mol. The Hall–Kier alpha value is -3.57. The van der Waals surface area contributed by atoms with Crippen LogP contribution >= 0.6 is 0 Å². The number of aromatic hydroxyl groups is 1. The molecule has 3 aliphatic heterocycles. The van der Waals surface area contributed by atoms with E-state index < -0.39 is 57.9 Å². The van der Waals surface area contributed by atoms with Gasteiger partial charge in [0.05, 0.1) is 17.3 Å². The summed E-state index contributed by atoms with van der Waals surface area (Å²) < 4.78 is 34.3. The van der Waals surface area contributed by atoms with E-state index in [1.54, 1.807) is 19.1 Å². The van der Waals surface area contributed by atoms with Crippen molar-refractivity contribution in [2.75, 3.05) is 13.7 Å². The Labute approximate surface area is 198 Å². The zero-order chi connectivity index (χ0) is 25.2. The van der Waals surface area contributed by atoms with Crippen LogP contribution in [-0.2, 0) is 16.8 Å². The van der Waals surface area contributed by atoms with Crippen LogP contribution in [0.2, 0.25) is 0 Å². The number of fused-ring (bicyclic) bond motifs is 1. The Bertz CT molecular complexity index is 1360. The number of aromatic nitrogens is 1. The van der Waals surface area contributed by atoms with Crippen LogP contribution in [0.4, 0.5) is 8.78 Å². The summed E-state index contributed by atoms with van der Waals surface area (Å²) in [6, 6.07) is 2.48. The average molecular weight is 487 g/mol. The topological polar surface area (TPSA) is 121 Å². The van der Waals surface area contributed by atoms with Crippen LogP contribution in [0, 0.1) is 11.6 Å². The second-order valence-corrected chi connectivity index (χ2v) is 9.08. The number of aliphatic hydroxyl groups is 1. The van der Waals surface area contributed by atoms with Gasteiger partial charge in [-0.2, -0.15) is 0 Å². The molecule has 11 heteroatoms. The molecule has 2 bridgehead atoms. The van der Waals surface area contributed by atoms with Gasteiger partial charge >= 0.3 is 0 Å². The van der Waals surface area contributed by atoms with Gasteiger partial charge in [-0.25, -0.2) is 8.78 Å². The van der Waals surface area contributed by atoms with Crippen molar-refractivity contribution in [2.45, 2.75) is 43.7 Å². The number of hydrogen-bond donors (Lipinski definition) is 3. The molecule has 2 amide bonds. The molecule has 0 saturated heterocycles. The Morgan fingerprint density at radius 3 is 2.71 bits per heavy atom. The molecule has 0 radical (unpaired) electrons. The fraction of sp³-hybridized carbons (Fsp3) is 0.375. The lowest BCUT2D eigenvalue weighted by Gasteiger charge is -2.45. The van der Waals surface area contributed by atoms with E-state index in [1.807, 2.05) is 0 Å². The lowest BCUT2D eigenvalue weighted by Crippen LogP contribution is -2.59. The fourth-order valence-electron chi connectivity index (χ4n) is 5.47. The quantitative estimate of drug-likeness (QED) is 0.560. The van der Waals surface area contributed by atoms with Gasteiger partial charge in [0, 0.05) is 44.3 Å². The molecule has 1 spiro atoms. The zero-order valence-electron chi connectivity index (χ0n) is 18.9. The summed E-state index contributed by atoms with van der Waals surface area (Å²) in [7, 11) is 1.47. The molecule has 0 saturated carbocycles. The van der Waals surface area contributed by atoms with Crippen LogP contribution in [0.1, 0.15) is 51.6 Å². The van der Waals surface area contributed by atoms with E-state index in [2.05, 4.69) is 5.32 Å². The number of nitrogens with zero attached hydrogens (tertiary/aromatic N) is 2. The maximum absolute atomic E-state index is 14.0. The van der Waals surface area contributed by atoms with Crippen molar-refractivity contribution in [2.24, 2.45) is 0 Å². The molecule has 1 aromatic carbocycles. The number of rotatable bonds is 4. The lowest BCUT2D eigenvalue weighted by molar-refractivity contribution is -0.0108. The molecule has 9 nitrogen and oxygen atoms in total. The van der Waals surface area contributed by atoms with E-state index in [-0.39, 0.29) is 42.5 Å². The molecule has 1 unspecified atom stereocenters. The highest BCUT2D eigenvalue weighted by Crippen LogP contribution is 2.50. The summed E-state index contributed by atoms with van der Waals surface area (Å²) in [6.45, 7) is 1.54. The predicted octanol–water partition coefficient (Wildman–Crippen LogP) is 1.32. The summed E-state index contributed by atoms with van der Waals surface area (Å²) in [5.41, 5.74) is -3.19.